The van der Waals surface area contributed by atoms with E-state index in [0.717, 1.165) is 11.2 Å². The maximum atomic E-state index is 12.6. The average Bonchev–Trinajstić information content (AvgIpc) is 3.60. The SMILES string of the molecule is CCOC(=O)c1c(/C=C/c2ncc3cnc(-c4cnn(C)c4OCCN(C)C(=O)OC(C)(C)C)cn23)c(CC)nn1C. The Bertz CT molecular complexity index is 1610. The number of esters is 1. The highest BCUT2D eigenvalue weighted by Crippen LogP contribution is 2.29. The van der Waals surface area contributed by atoms with E-state index in [1.165, 1.54) is 4.90 Å². The van der Waals surface area contributed by atoms with Crippen LogP contribution in [0.5, 0.6) is 5.88 Å². The van der Waals surface area contributed by atoms with Crippen LogP contribution in [0, 0.1) is 0 Å². The van der Waals surface area contributed by atoms with Crippen molar-refractivity contribution in [2.24, 2.45) is 14.1 Å². The van der Waals surface area contributed by atoms with Gasteiger partial charge in [0, 0.05) is 32.9 Å². The number of imidazole rings is 1. The summed E-state index contributed by atoms with van der Waals surface area (Å²) in [6, 6.07) is 0. The molecule has 0 spiro atoms. The van der Waals surface area contributed by atoms with Gasteiger partial charge in [-0.05, 0) is 46.3 Å². The van der Waals surface area contributed by atoms with Gasteiger partial charge in [-0.2, -0.15) is 10.2 Å². The maximum absolute atomic E-state index is 12.6. The van der Waals surface area contributed by atoms with Crippen molar-refractivity contribution >= 4 is 29.7 Å². The molecule has 4 heterocycles. The fraction of sp³-hybridized carbons (Fsp3) is 0.448. The Kier molecular flexibility index (Phi) is 8.98. The molecule has 0 atom stereocenters. The summed E-state index contributed by atoms with van der Waals surface area (Å²) in [5.74, 6) is 0.728. The standard InChI is InChI=1S/C29H38N8O5/c1-9-22-20(25(35(7)33-22)27(38)40-10-2)11-12-24-31-16-19-15-30-23(18-37(19)24)21-17-32-36(8)26(21)41-14-13-34(6)28(39)42-29(3,4)5/h11-12,15-18H,9-10,13-14H2,1-8H3/b12-11+. The fourth-order valence-corrected chi connectivity index (χ4v) is 4.29. The largest absolute Gasteiger partial charge is 0.475 e. The molecule has 224 valence electrons. The van der Waals surface area contributed by atoms with Crippen molar-refractivity contribution in [1.82, 2.24) is 38.8 Å². The van der Waals surface area contributed by atoms with E-state index < -0.39 is 17.7 Å². The van der Waals surface area contributed by atoms with Gasteiger partial charge in [0.25, 0.3) is 0 Å². The number of amides is 1. The molecule has 13 heteroatoms. The van der Waals surface area contributed by atoms with E-state index in [-0.39, 0.29) is 13.2 Å². The summed E-state index contributed by atoms with van der Waals surface area (Å²) in [7, 11) is 5.17. The predicted molar refractivity (Wildman–Crippen MR) is 157 cm³/mol. The zero-order valence-corrected chi connectivity index (χ0v) is 25.4. The Morgan fingerprint density at radius 3 is 2.48 bits per heavy atom. The van der Waals surface area contributed by atoms with E-state index in [1.807, 2.05) is 50.4 Å². The summed E-state index contributed by atoms with van der Waals surface area (Å²) in [6.45, 7) is 10.1. The van der Waals surface area contributed by atoms with Gasteiger partial charge in [-0.1, -0.05) is 6.92 Å². The van der Waals surface area contributed by atoms with Crippen molar-refractivity contribution in [3.8, 4) is 17.1 Å². The topological polar surface area (TPSA) is 131 Å². The number of aromatic nitrogens is 7. The van der Waals surface area contributed by atoms with Gasteiger partial charge in [0.15, 0.2) is 5.69 Å². The molecule has 0 radical (unpaired) electrons. The summed E-state index contributed by atoms with van der Waals surface area (Å²) < 4.78 is 21.8. The Morgan fingerprint density at radius 2 is 1.79 bits per heavy atom. The first-order valence-electron chi connectivity index (χ1n) is 13.8. The van der Waals surface area contributed by atoms with Crippen LogP contribution in [0.2, 0.25) is 0 Å². The second kappa shape index (κ2) is 12.5. The van der Waals surface area contributed by atoms with Gasteiger partial charge in [0.1, 0.15) is 18.0 Å². The molecule has 0 fully saturated rings. The number of nitrogens with zero attached hydrogens (tertiary/aromatic N) is 8. The summed E-state index contributed by atoms with van der Waals surface area (Å²) in [4.78, 5) is 35.5. The first-order chi connectivity index (χ1) is 19.9. The average molecular weight is 579 g/mol. The highest BCUT2D eigenvalue weighted by molar-refractivity contribution is 5.93. The monoisotopic (exact) mass is 578 g/mol. The smallest absolute Gasteiger partial charge is 0.410 e. The lowest BCUT2D eigenvalue weighted by atomic mass is 10.1. The maximum Gasteiger partial charge on any atom is 0.410 e. The van der Waals surface area contributed by atoms with Gasteiger partial charge in [0.2, 0.25) is 5.88 Å². The summed E-state index contributed by atoms with van der Waals surface area (Å²) in [6.07, 6.45) is 10.9. The Hall–Kier alpha value is -4.68. The number of likely N-dealkylation sites (N-methyl/N-ethyl adjacent to an activating group) is 1. The zero-order chi connectivity index (χ0) is 30.6. The van der Waals surface area contributed by atoms with Gasteiger partial charge in [-0.3, -0.25) is 14.1 Å². The van der Waals surface area contributed by atoms with Gasteiger partial charge in [-0.15, -0.1) is 0 Å². The molecular formula is C29H38N8O5. The molecule has 13 nitrogen and oxygen atoms in total. The van der Waals surface area contributed by atoms with Gasteiger partial charge < -0.3 is 19.1 Å². The number of aryl methyl sites for hydroxylation is 3. The molecule has 0 bridgehead atoms. The molecule has 0 saturated heterocycles. The molecule has 0 N–H and O–H groups in total. The third-order valence-electron chi connectivity index (χ3n) is 6.34. The molecule has 42 heavy (non-hydrogen) atoms. The summed E-state index contributed by atoms with van der Waals surface area (Å²) in [5, 5.41) is 8.85. The van der Waals surface area contributed by atoms with Crippen LogP contribution < -0.4 is 4.74 Å². The summed E-state index contributed by atoms with van der Waals surface area (Å²) in [5.41, 5.74) is 3.40. The summed E-state index contributed by atoms with van der Waals surface area (Å²) >= 11 is 0. The van der Waals surface area contributed by atoms with Crippen molar-refractivity contribution in [2.45, 2.75) is 46.6 Å². The first kappa shape index (κ1) is 30.3. The Balaban J connectivity index is 1.58. The van der Waals surface area contributed by atoms with Crippen LogP contribution in [0.3, 0.4) is 0 Å². The quantitative estimate of drug-likeness (QED) is 0.256. The van der Waals surface area contributed by atoms with E-state index in [0.29, 0.717) is 47.2 Å². The van der Waals surface area contributed by atoms with Crippen LogP contribution in [0.1, 0.15) is 62.2 Å². The Morgan fingerprint density at radius 1 is 1.05 bits per heavy atom. The Labute approximate surface area is 244 Å². The van der Waals surface area contributed by atoms with E-state index in [9.17, 15) is 9.59 Å². The second-order valence-corrected chi connectivity index (χ2v) is 10.7. The fourth-order valence-electron chi connectivity index (χ4n) is 4.29. The molecule has 0 aliphatic heterocycles. The van der Waals surface area contributed by atoms with Crippen LogP contribution in [0.15, 0.2) is 24.8 Å². The molecule has 0 aromatic carbocycles. The number of carbonyl (C=O) groups excluding carboxylic acids is 2. The normalized spacial score (nSPS) is 11.8. The molecule has 4 rings (SSSR count). The molecule has 4 aromatic heterocycles. The van der Waals surface area contributed by atoms with E-state index in [1.54, 1.807) is 56.0 Å². The number of hydrogen-bond acceptors (Lipinski definition) is 9. The highest BCUT2D eigenvalue weighted by atomic mass is 16.6. The van der Waals surface area contributed by atoms with Crippen molar-refractivity contribution in [2.75, 3.05) is 26.8 Å². The minimum Gasteiger partial charge on any atom is -0.475 e. The number of hydrogen-bond donors (Lipinski definition) is 0. The minimum atomic E-state index is -0.577. The number of ether oxygens (including phenoxy) is 3. The van der Waals surface area contributed by atoms with E-state index in [2.05, 4.69) is 20.2 Å². The van der Waals surface area contributed by atoms with Crippen molar-refractivity contribution in [3.63, 3.8) is 0 Å². The van der Waals surface area contributed by atoms with Crippen LogP contribution in [0.4, 0.5) is 4.79 Å². The molecule has 0 saturated carbocycles. The van der Waals surface area contributed by atoms with Gasteiger partial charge in [-0.25, -0.2) is 19.3 Å². The third-order valence-corrected chi connectivity index (χ3v) is 6.34. The zero-order valence-electron chi connectivity index (χ0n) is 25.4. The molecule has 0 unspecified atom stereocenters. The van der Waals surface area contributed by atoms with Crippen molar-refractivity contribution in [1.29, 1.82) is 0 Å². The number of fused-ring (bicyclic) bond motifs is 1. The lowest BCUT2D eigenvalue weighted by Crippen LogP contribution is -2.36. The molecular weight excluding hydrogens is 540 g/mol. The highest BCUT2D eigenvalue weighted by Gasteiger charge is 2.22. The second-order valence-electron chi connectivity index (χ2n) is 10.7. The van der Waals surface area contributed by atoms with Crippen LogP contribution in [-0.4, -0.2) is 83.3 Å². The minimum absolute atomic E-state index is 0.233. The van der Waals surface area contributed by atoms with Gasteiger partial charge >= 0.3 is 12.1 Å². The molecule has 4 aromatic rings. The predicted octanol–water partition coefficient (Wildman–Crippen LogP) is 4.02. The number of rotatable bonds is 10. The van der Waals surface area contributed by atoms with Crippen molar-refractivity contribution < 1.29 is 23.8 Å². The van der Waals surface area contributed by atoms with Crippen LogP contribution >= 0.6 is 0 Å². The van der Waals surface area contributed by atoms with Crippen molar-refractivity contribution in [3.05, 3.63) is 47.6 Å². The lowest BCUT2D eigenvalue weighted by Gasteiger charge is -2.24. The van der Waals surface area contributed by atoms with E-state index in [4.69, 9.17) is 14.2 Å². The first-order valence-corrected chi connectivity index (χ1v) is 13.8. The van der Waals surface area contributed by atoms with Crippen LogP contribution in [0.25, 0.3) is 28.9 Å². The molecule has 0 aliphatic rings. The van der Waals surface area contributed by atoms with Crippen LogP contribution in [-0.2, 0) is 30.0 Å². The van der Waals surface area contributed by atoms with E-state index >= 15 is 0 Å². The number of carbonyl (C=O) groups is 2. The third kappa shape index (κ3) is 6.61. The van der Waals surface area contributed by atoms with Gasteiger partial charge in [0.05, 0.1) is 54.2 Å². The molecule has 0 aliphatic carbocycles. The molecule has 1 amide bonds. The lowest BCUT2D eigenvalue weighted by molar-refractivity contribution is 0.0276.